The fraction of sp³-hybridized carbons (Fsp3) is 0.591. The molecule has 0 spiro atoms. The average molecular weight is 420 g/mol. The van der Waals surface area contributed by atoms with E-state index in [4.69, 9.17) is 4.74 Å². The molecule has 1 aromatic heterocycles. The standard InChI is InChI=1S/C22H33N3O3S/c1-3-4-5-6-7-16-28-22-19-10-8-11-20(21(19)18(2)17-24-22)29(26,27)25-14-9-12-23-13-15-25/h8,10-11,17,23H,3-7,9,12-16H2,1-2H3. The van der Waals surface area contributed by atoms with Crippen molar-refractivity contribution in [1.29, 1.82) is 0 Å². The summed E-state index contributed by atoms with van der Waals surface area (Å²) in [6.07, 6.45) is 8.34. The van der Waals surface area contributed by atoms with Crippen molar-refractivity contribution < 1.29 is 13.2 Å². The first-order valence-electron chi connectivity index (χ1n) is 10.8. The van der Waals surface area contributed by atoms with Gasteiger partial charge in [-0.1, -0.05) is 38.7 Å². The van der Waals surface area contributed by atoms with Gasteiger partial charge in [-0.2, -0.15) is 4.31 Å². The predicted octanol–water partition coefficient (Wildman–Crippen LogP) is 3.88. The van der Waals surface area contributed by atoms with Gasteiger partial charge in [0.1, 0.15) is 0 Å². The van der Waals surface area contributed by atoms with Crippen LogP contribution in [0.25, 0.3) is 10.8 Å². The molecule has 3 rings (SSSR count). The third-order valence-electron chi connectivity index (χ3n) is 5.43. The Morgan fingerprint density at radius 2 is 1.97 bits per heavy atom. The summed E-state index contributed by atoms with van der Waals surface area (Å²) in [5.74, 6) is 0.524. The molecule has 7 heteroatoms. The number of pyridine rings is 1. The molecule has 1 fully saturated rings. The van der Waals surface area contributed by atoms with Crippen LogP contribution in [-0.4, -0.2) is 50.5 Å². The molecule has 29 heavy (non-hydrogen) atoms. The van der Waals surface area contributed by atoms with Gasteiger partial charge in [-0.25, -0.2) is 13.4 Å². The number of aromatic nitrogens is 1. The number of benzene rings is 1. The molecule has 6 nitrogen and oxygen atoms in total. The number of sulfonamides is 1. The second-order valence-corrected chi connectivity index (χ2v) is 9.60. The Kier molecular flexibility index (Phi) is 7.86. The van der Waals surface area contributed by atoms with Gasteiger partial charge in [0.05, 0.1) is 11.5 Å². The second kappa shape index (κ2) is 10.4. The Morgan fingerprint density at radius 1 is 1.14 bits per heavy atom. The minimum atomic E-state index is -3.58. The van der Waals surface area contributed by atoms with Crippen molar-refractivity contribution in [3.05, 3.63) is 30.0 Å². The van der Waals surface area contributed by atoms with Crippen molar-refractivity contribution in [1.82, 2.24) is 14.6 Å². The van der Waals surface area contributed by atoms with Crippen LogP contribution in [0.3, 0.4) is 0 Å². The van der Waals surface area contributed by atoms with E-state index in [2.05, 4.69) is 17.2 Å². The average Bonchev–Trinajstić information content (AvgIpc) is 3.02. The van der Waals surface area contributed by atoms with E-state index in [1.54, 1.807) is 22.6 Å². The lowest BCUT2D eigenvalue weighted by Gasteiger charge is -2.21. The minimum Gasteiger partial charge on any atom is -0.477 e. The first-order chi connectivity index (χ1) is 14.1. The maximum atomic E-state index is 13.4. The Morgan fingerprint density at radius 3 is 2.79 bits per heavy atom. The van der Waals surface area contributed by atoms with Crippen LogP contribution < -0.4 is 10.1 Å². The molecule has 2 heterocycles. The Balaban J connectivity index is 1.87. The van der Waals surface area contributed by atoms with Gasteiger partial charge in [-0.15, -0.1) is 0 Å². The molecule has 0 amide bonds. The zero-order chi connectivity index (χ0) is 20.7. The van der Waals surface area contributed by atoms with Crippen molar-refractivity contribution in [2.45, 2.75) is 57.3 Å². The van der Waals surface area contributed by atoms with Gasteiger partial charge in [-0.05, 0) is 44.0 Å². The van der Waals surface area contributed by atoms with Gasteiger partial charge in [-0.3, -0.25) is 0 Å². The van der Waals surface area contributed by atoms with E-state index in [1.165, 1.54) is 19.3 Å². The van der Waals surface area contributed by atoms with Gasteiger partial charge >= 0.3 is 0 Å². The zero-order valence-corrected chi connectivity index (χ0v) is 18.4. The molecule has 1 aliphatic rings. The molecule has 0 bridgehead atoms. The molecule has 0 aliphatic carbocycles. The minimum absolute atomic E-state index is 0.351. The van der Waals surface area contributed by atoms with Crippen LogP contribution >= 0.6 is 0 Å². The first kappa shape index (κ1) is 22.0. The van der Waals surface area contributed by atoms with Crippen molar-refractivity contribution >= 4 is 20.8 Å². The number of nitrogens with one attached hydrogen (secondary N) is 1. The van der Waals surface area contributed by atoms with E-state index in [0.29, 0.717) is 37.0 Å². The number of nitrogens with zero attached hydrogens (tertiary/aromatic N) is 2. The van der Waals surface area contributed by atoms with E-state index in [9.17, 15) is 8.42 Å². The number of fused-ring (bicyclic) bond motifs is 1. The quantitative estimate of drug-likeness (QED) is 0.625. The maximum absolute atomic E-state index is 13.4. The summed E-state index contributed by atoms with van der Waals surface area (Å²) in [5.41, 5.74) is 0.849. The van der Waals surface area contributed by atoms with E-state index >= 15 is 0 Å². The second-order valence-electron chi connectivity index (χ2n) is 7.70. The van der Waals surface area contributed by atoms with E-state index in [-0.39, 0.29) is 0 Å². The summed E-state index contributed by atoms with van der Waals surface area (Å²) < 4.78 is 34.4. The fourth-order valence-electron chi connectivity index (χ4n) is 3.81. The fourth-order valence-corrected chi connectivity index (χ4v) is 5.57. The predicted molar refractivity (Wildman–Crippen MR) is 117 cm³/mol. The summed E-state index contributed by atoms with van der Waals surface area (Å²) in [6.45, 7) is 7.27. The smallest absolute Gasteiger partial charge is 0.243 e. The van der Waals surface area contributed by atoms with Crippen LogP contribution in [0, 0.1) is 6.92 Å². The SMILES string of the molecule is CCCCCCCOc1ncc(C)c2c(S(=O)(=O)N3CCCNCC3)cccc12. The van der Waals surface area contributed by atoms with Crippen molar-refractivity contribution in [3.8, 4) is 5.88 Å². The number of ether oxygens (including phenoxy) is 1. The highest BCUT2D eigenvalue weighted by Gasteiger charge is 2.28. The topological polar surface area (TPSA) is 71.5 Å². The van der Waals surface area contributed by atoms with Crippen molar-refractivity contribution in [3.63, 3.8) is 0 Å². The molecular formula is C22H33N3O3S. The monoisotopic (exact) mass is 419 g/mol. The van der Waals surface area contributed by atoms with Crippen molar-refractivity contribution in [2.75, 3.05) is 32.8 Å². The number of rotatable bonds is 9. The highest BCUT2D eigenvalue weighted by Crippen LogP contribution is 2.33. The summed E-state index contributed by atoms with van der Waals surface area (Å²) in [6, 6.07) is 5.41. The summed E-state index contributed by atoms with van der Waals surface area (Å²) in [5, 5.41) is 4.76. The normalized spacial score (nSPS) is 16.1. The first-order valence-corrected chi connectivity index (χ1v) is 12.2. The van der Waals surface area contributed by atoms with Gasteiger partial charge in [0.2, 0.25) is 15.9 Å². The zero-order valence-electron chi connectivity index (χ0n) is 17.6. The molecule has 1 N–H and O–H groups in total. The van der Waals surface area contributed by atoms with E-state index < -0.39 is 10.0 Å². The third-order valence-corrected chi connectivity index (χ3v) is 7.37. The van der Waals surface area contributed by atoms with Crippen LogP contribution in [0.1, 0.15) is 51.0 Å². The lowest BCUT2D eigenvalue weighted by Crippen LogP contribution is -2.34. The van der Waals surface area contributed by atoms with Crippen LogP contribution in [0.4, 0.5) is 0 Å². The lowest BCUT2D eigenvalue weighted by molar-refractivity contribution is 0.297. The molecule has 1 saturated heterocycles. The number of unbranched alkanes of at least 4 members (excludes halogenated alkanes) is 4. The highest BCUT2D eigenvalue weighted by atomic mass is 32.2. The largest absolute Gasteiger partial charge is 0.477 e. The van der Waals surface area contributed by atoms with Crippen LogP contribution in [-0.2, 0) is 10.0 Å². The molecule has 2 aromatic rings. The molecule has 0 radical (unpaired) electrons. The molecule has 0 saturated carbocycles. The van der Waals surface area contributed by atoms with Crippen LogP contribution in [0.2, 0.25) is 0 Å². The van der Waals surface area contributed by atoms with Gasteiger partial charge in [0.25, 0.3) is 0 Å². The summed E-state index contributed by atoms with van der Waals surface area (Å²) in [7, 11) is -3.58. The molecular weight excluding hydrogens is 386 g/mol. The van der Waals surface area contributed by atoms with Crippen molar-refractivity contribution in [2.24, 2.45) is 0 Å². The molecule has 0 unspecified atom stereocenters. The van der Waals surface area contributed by atoms with Gasteiger partial charge < -0.3 is 10.1 Å². The molecule has 0 atom stereocenters. The Labute approximate surface area is 174 Å². The maximum Gasteiger partial charge on any atom is 0.243 e. The van der Waals surface area contributed by atoms with E-state index in [1.807, 2.05) is 13.0 Å². The third kappa shape index (κ3) is 5.27. The Hall–Kier alpha value is -1.70. The summed E-state index contributed by atoms with van der Waals surface area (Å²) >= 11 is 0. The van der Waals surface area contributed by atoms with E-state index in [0.717, 1.165) is 42.1 Å². The number of hydrogen-bond acceptors (Lipinski definition) is 5. The molecule has 160 valence electrons. The van der Waals surface area contributed by atoms with Gasteiger partial charge in [0.15, 0.2) is 0 Å². The summed E-state index contributed by atoms with van der Waals surface area (Å²) in [4.78, 5) is 4.80. The number of aryl methyl sites for hydroxylation is 1. The number of hydrogen-bond donors (Lipinski definition) is 1. The van der Waals surface area contributed by atoms with Gasteiger partial charge in [0, 0.05) is 36.6 Å². The molecule has 1 aliphatic heterocycles. The molecule has 1 aromatic carbocycles. The van der Waals surface area contributed by atoms with Crippen LogP contribution in [0.15, 0.2) is 29.3 Å². The highest BCUT2D eigenvalue weighted by molar-refractivity contribution is 7.89. The van der Waals surface area contributed by atoms with Crippen LogP contribution in [0.5, 0.6) is 5.88 Å². The Bertz CT molecular complexity index is 907. The lowest BCUT2D eigenvalue weighted by atomic mass is 10.1.